The summed E-state index contributed by atoms with van der Waals surface area (Å²) in [6.07, 6.45) is 0.411. The first kappa shape index (κ1) is 23.3. The third kappa shape index (κ3) is 7.44. The zero-order valence-electron chi connectivity index (χ0n) is 17.0. The van der Waals surface area contributed by atoms with Gasteiger partial charge < -0.3 is 15.4 Å². The van der Waals surface area contributed by atoms with Gasteiger partial charge in [-0.1, -0.05) is 48.5 Å². The van der Waals surface area contributed by atoms with Gasteiger partial charge in [-0.2, -0.15) is 0 Å². The van der Waals surface area contributed by atoms with Crippen LogP contribution in [0.1, 0.15) is 18.9 Å². The van der Waals surface area contributed by atoms with Gasteiger partial charge in [-0.25, -0.2) is 4.79 Å². The Morgan fingerprint density at radius 3 is 2.10 bits per heavy atom. The number of nitrogens with one attached hydrogen (secondary N) is 2. The fraction of sp³-hybridized carbons (Fsp3) is 0.318. The van der Waals surface area contributed by atoms with Gasteiger partial charge in [0, 0.05) is 24.0 Å². The molecule has 0 aromatic heterocycles. The summed E-state index contributed by atoms with van der Waals surface area (Å²) in [5.74, 6) is -1.32. The van der Waals surface area contributed by atoms with Gasteiger partial charge in [0.2, 0.25) is 11.8 Å². The summed E-state index contributed by atoms with van der Waals surface area (Å²) in [5.41, 5.74) is 0.867. The third-order valence-corrected chi connectivity index (χ3v) is 5.78. The number of amides is 2. The van der Waals surface area contributed by atoms with Crippen LogP contribution in [0.5, 0.6) is 0 Å². The lowest BCUT2D eigenvalue weighted by Gasteiger charge is -2.22. The molecule has 30 heavy (non-hydrogen) atoms. The molecule has 0 spiro atoms. The van der Waals surface area contributed by atoms with Gasteiger partial charge in [0.25, 0.3) is 0 Å². The van der Waals surface area contributed by atoms with Crippen LogP contribution in [-0.4, -0.2) is 46.9 Å². The molecule has 0 fully saturated rings. The highest BCUT2D eigenvalue weighted by molar-refractivity contribution is 7.85. The molecule has 2 rings (SSSR count). The molecule has 0 saturated carbocycles. The van der Waals surface area contributed by atoms with Crippen molar-refractivity contribution in [3.63, 3.8) is 0 Å². The number of methoxy groups -OCH3 is 1. The van der Waals surface area contributed by atoms with E-state index in [-0.39, 0.29) is 24.5 Å². The summed E-state index contributed by atoms with van der Waals surface area (Å²) in [6.45, 7) is 1.33. The van der Waals surface area contributed by atoms with Crippen LogP contribution in [0.4, 0.5) is 0 Å². The summed E-state index contributed by atoms with van der Waals surface area (Å²) in [6, 6.07) is 16.3. The molecule has 0 aliphatic heterocycles. The average molecular weight is 431 g/mol. The first-order valence-corrected chi connectivity index (χ1v) is 10.8. The SMILES string of the molecule is COC(=O)[C@H](CC[S@@](=O)c1ccccc1)NC(=O)[C@H](Cc1ccccc1)NC(C)=O. The van der Waals surface area contributed by atoms with Crippen molar-refractivity contribution in [2.45, 2.75) is 36.7 Å². The van der Waals surface area contributed by atoms with E-state index in [9.17, 15) is 18.6 Å². The predicted octanol–water partition coefficient (Wildman–Crippen LogP) is 1.59. The van der Waals surface area contributed by atoms with E-state index in [1.54, 1.807) is 24.3 Å². The molecule has 0 unspecified atom stereocenters. The minimum Gasteiger partial charge on any atom is -0.467 e. The molecule has 2 aromatic carbocycles. The third-order valence-electron chi connectivity index (χ3n) is 4.38. The maximum Gasteiger partial charge on any atom is 0.328 e. The van der Waals surface area contributed by atoms with Crippen LogP contribution >= 0.6 is 0 Å². The van der Waals surface area contributed by atoms with E-state index in [0.717, 1.165) is 5.56 Å². The molecule has 0 heterocycles. The zero-order valence-corrected chi connectivity index (χ0v) is 17.8. The molecule has 2 N–H and O–H groups in total. The van der Waals surface area contributed by atoms with Gasteiger partial charge in [-0.3, -0.25) is 13.8 Å². The van der Waals surface area contributed by atoms with Crippen molar-refractivity contribution in [1.29, 1.82) is 0 Å². The quantitative estimate of drug-likeness (QED) is 0.558. The summed E-state index contributed by atoms with van der Waals surface area (Å²) in [7, 11) is -0.0904. The number of carbonyl (C=O) groups excluding carboxylic acids is 3. The van der Waals surface area contributed by atoms with Crippen molar-refractivity contribution in [3.8, 4) is 0 Å². The average Bonchev–Trinajstić information content (AvgIpc) is 2.76. The van der Waals surface area contributed by atoms with Crippen LogP contribution in [0.15, 0.2) is 65.6 Å². The topological polar surface area (TPSA) is 102 Å². The first-order chi connectivity index (χ1) is 14.4. The smallest absolute Gasteiger partial charge is 0.328 e. The van der Waals surface area contributed by atoms with Crippen molar-refractivity contribution < 1.29 is 23.3 Å². The number of esters is 1. The van der Waals surface area contributed by atoms with E-state index in [0.29, 0.717) is 4.90 Å². The van der Waals surface area contributed by atoms with Crippen LogP contribution in [0, 0.1) is 0 Å². The van der Waals surface area contributed by atoms with Gasteiger partial charge in [-0.05, 0) is 24.1 Å². The second kappa shape index (κ2) is 11.9. The Hall–Kier alpha value is -3.00. The normalized spacial score (nSPS) is 13.5. The van der Waals surface area contributed by atoms with E-state index in [1.165, 1.54) is 14.0 Å². The van der Waals surface area contributed by atoms with Gasteiger partial charge in [0.1, 0.15) is 12.1 Å². The lowest BCUT2D eigenvalue weighted by molar-refractivity contribution is -0.145. The highest BCUT2D eigenvalue weighted by Gasteiger charge is 2.27. The minimum absolute atomic E-state index is 0.137. The van der Waals surface area contributed by atoms with E-state index in [2.05, 4.69) is 10.6 Å². The number of carbonyl (C=O) groups is 3. The van der Waals surface area contributed by atoms with Crippen LogP contribution in [0.2, 0.25) is 0 Å². The van der Waals surface area contributed by atoms with Crippen molar-refractivity contribution in [1.82, 2.24) is 10.6 Å². The maximum absolute atomic E-state index is 12.8. The van der Waals surface area contributed by atoms with Gasteiger partial charge in [0.15, 0.2) is 0 Å². The number of hydrogen-bond acceptors (Lipinski definition) is 5. The van der Waals surface area contributed by atoms with E-state index in [1.807, 2.05) is 36.4 Å². The van der Waals surface area contributed by atoms with Crippen molar-refractivity contribution >= 4 is 28.6 Å². The Kier molecular flexibility index (Phi) is 9.21. The Morgan fingerprint density at radius 1 is 0.933 bits per heavy atom. The molecule has 160 valence electrons. The minimum atomic E-state index is -1.32. The molecule has 0 aliphatic rings. The molecule has 2 aromatic rings. The summed E-state index contributed by atoms with van der Waals surface area (Å²) in [5, 5.41) is 5.26. The second-order valence-corrected chi connectivity index (χ2v) is 8.25. The molecular weight excluding hydrogens is 404 g/mol. The van der Waals surface area contributed by atoms with E-state index >= 15 is 0 Å². The lowest BCUT2D eigenvalue weighted by Crippen LogP contribution is -2.52. The molecule has 0 bridgehead atoms. The van der Waals surface area contributed by atoms with Crippen molar-refractivity contribution in [3.05, 3.63) is 66.2 Å². The van der Waals surface area contributed by atoms with Gasteiger partial charge >= 0.3 is 5.97 Å². The largest absolute Gasteiger partial charge is 0.467 e. The molecule has 0 saturated heterocycles. The molecule has 7 nitrogen and oxygen atoms in total. The predicted molar refractivity (Wildman–Crippen MR) is 114 cm³/mol. The standard InChI is InChI=1S/C22H26N2O5S/c1-16(25)23-20(15-17-9-5-3-6-10-17)21(26)24-19(22(27)29-2)13-14-30(28)18-11-7-4-8-12-18/h3-12,19-20H,13-15H2,1-2H3,(H,23,25)(H,24,26)/t19-,20-,30+/m0/s1. The monoisotopic (exact) mass is 430 g/mol. The Balaban J connectivity index is 2.06. The van der Waals surface area contributed by atoms with Crippen LogP contribution in [0.3, 0.4) is 0 Å². The highest BCUT2D eigenvalue weighted by Crippen LogP contribution is 2.09. The van der Waals surface area contributed by atoms with Crippen molar-refractivity contribution in [2.24, 2.45) is 0 Å². The molecule has 2 amide bonds. The number of hydrogen-bond donors (Lipinski definition) is 2. The molecule has 0 aliphatic carbocycles. The van der Waals surface area contributed by atoms with Crippen LogP contribution in [-0.2, 0) is 36.3 Å². The fourth-order valence-corrected chi connectivity index (χ4v) is 4.03. The lowest BCUT2D eigenvalue weighted by atomic mass is 10.0. The van der Waals surface area contributed by atoms with Gasteiger partial charge in [-0.15, -0.1) is 0 Å². The highest BCUT2D eigenvalue weighted by atomic mass is 32.2. The number of ether oxygens (including phenoxy) is 1. The molecule has 0 radical (unpaired) electrons. The zero-order chi connectivity index (χ0) is 21.9. The Labute approximate surface area is 178 Å². The summed E-state index contributed by atoms with van der Waals surface area (Å²) >= 11 is 0. The Bertz CT molecular complexity index is 874. The van der Waals surface area contributed by atoms with E-state index in [4.69, 9.17) is 4.74 Å². The summed E-state index contributed by atoms with van der Waals surface area (Å²) < 4.78 is 17.2. The Morgan fingerprint density at radius 2 is 1.53 bits per heavy atom. The summed E-state index contributed by atoms with van der Waals surface area (Å²) in [4.78, 5) is 37.2. The molecular formula is C22H26N2O5S. The molecule has 3 atom stereocenters. The first-order valence-electron chi connectivity index (χ1n) is 9.53. The second-order valence-electron chi connectivity index (χ2n) is 6.68. The number of benzene rings is 2. The fourth-order valence-electron chi connectivity index (χ4n) is 2.88. The van der Waals surface area contributed by atoms with Gasteiger partial charge in [0.05, 0.1) is 17.9 Å². The van der Waals surface area contributed by atoms with Crippen LogP contribution < -0.4 is 10.6 Å². The molecule has 8 heteroatoms. The number of rotatable bonds is 10. The van der Waals surface area contributed by atoms with Crippen LogP contribution in [0.25, 0.3) is 0 Å². The van der Waals surface area contributed by atoms with E-state index < -0.39 is 34.8 Å². The maximum atomic E-state index is 12.8. The van der Waals surface area contributed by atoms with Crippen molar-refractivity contribution in [2.75, 3.05) is 12.9 Å².